The van der Waals surface area contributed by atoms with Crippen molar-refractivity contribution in [3.05, 3.63) is 0 Å². The largest absolute Gasteiger partial charge is 0.308 e. The summed E-state index contributed by atoms with van der Waals surface area (Å²) in [6, 6.07) is 0.675. The second-order valence-corrected chi connectivity index (χ2v) is 5.95. The highest BCUT2D eigenvalue weighted by atomic mass is 15.2. The highest BCUT2D eigenvalue weighted by Crippen LogP contribution is 2.31. The lowest BCUT2D eigenvalue weighted by Gasteiger charge is -2.49. The zero-order valence-electron chi connectivity index (χ0n) is 9.82. The lowest BCUT2D eigenvalue weighted by Crippen LogP contribution is -2.70. The standard InChI is InChI=1S/C12H24N2/c1-11(2)9-13-12(3)8-6-4-5-7-10(12)14-11/h10,13-14H,4-9H2,1-3H3/t10?,12-/m0/s1. The highest BCUT2D eigenvalue weighted by molar-refractivity contribution is 5.05. The molecule has 2 rings (SSSR count). The first-order chi connectivity index (χ1) is 6.52. The number of hydrogen-bond acceptors (Lipinski definition) is 2. The van der Waals surface area contributed by atoms with Crippen LogP contribution in [0.4, 0.5) is 0 Å². The second-order valence-electron chi connectivity index (χ2n) is 5.95. The van der Waals surface area contributed by atoms with E-state index in [-0.39, 0.29) is 5.54 Å². The maximum atomic E-state index is 3.81. The summed E-state index contributed by atoms with van der Waals surface area (Å²) in [7, 11) is 0. The summed E-state index contributed by atoms with van der Waals surface area (Å²) >= 11 is 0. The minimum absolute atomic E-state index is 0.272. The Morgan fingerprint density at radius 1 is 1.07 bits per heavy atom. The van der Waals surface area contributed by atoms with Crippen molar-refractivity contribution in [1.82, 2.24) is 10.6 Å². The zero-order valence-corrected chi connectivity index (χ0v) is 9.82. The van der Waals surface area contributed by atoms with Gasteiger partial charge in [-0.25, -0.2) is 0 Å². The molecule has 0 bridgehead atoms. The molecule has 1 saturated carbocycles. The molecular formula is C12H24N2. The fourth-order valence-electron chi connectivity index (χ4n) is 2.90. The van der Waals surface area contributed by atoms with Crippen molar-refractivity contribution in [3.63, 3.8) is 0 Å². The Hall–Kier alpha value is -0.0800. The molecule has 2 aliphatic rings. The Morgan fingerprint density at radius 2 is 1.86 bits per heavy atom. The summed E-state index contributed by atoms with van der Waals surface area (Å²) < 4.78 is 0. The van der Waals surface area contributed by atoms with Crippen molar-refractivity contribution >= 4 is 0 Å². The van der Waals surface area contributed by atoms with Crippen LogP contribution in [0.1, 0.15) is 52.9 Å². The Morgan fingerprint density at radius 3 is 2.64 bits per heavy atom. The fourth-order valence-corrected chi connectivity index (χ4v) is 2.90. The SMILES string of the molecule is CC1(C)CN[C@@]2(C)CCCCCC2N1. The van der Waals surface area contributed by atoms with Gasteiger partial charge in [-0.2, -0.15) is 0 Å². The lowest BCUT2D eigenvalue weighted by molar-refractivity contribution is 0.131. The molecule has 0 radical (unpaired) electrons. The van der Waals surface area contributed by atoms with Crippen LogP contribution in [0.5, 0.6) is 0 Å². The van der Waals surface area contributed by atoms with Gasteiger partial charge in [-0.15, -0.1) is 0 Å². The van der Waals surface area contributed by atoms with E-state index in [2.05, 4.69) is 31.4 Å². The molecule has 1 aliphatic carbocycles. The molecule has 2 N–H and O–H groups in total. The normalized spacial score (nSPS) is 42.6. The van der Waals surface area contributed by atoms with Crippen LogP contribution in [0, 0.1) is 0 Å². The zero-order chi connectivity index (χ0) is 10.2. The first-order valence-corrected chi connectivity index (χ1v) is 6.05. The molecule has 0 aromatic carbocycles. The summed E-state index contributed by atoms with van der Waals surface area (Å²) in [4.78, 5) is 0. The molecule has 0 spiro atoms. The van der Waals surface area contributed by atoms with E-state index in [4.69, 9.17) is 0 Å². The molecule has 2 heteroatoms. The quantitative estimate of drug-likeness (QED) is 0.619. The molecule has 82 valence electrons. The number of hydrogen-bond donors (Lipinski definition) is 2. The van der Waals surface area contributed by atoms with E-state index in [0.717, 1.165) is 6.54 Å². The molecule has 1 aliphatic heterocycles. The van der Waals surface area contributed by atoms with Crippen LogP contribution in [0.15, 0.2) is 0 Å². The molecule has 1 unspecified atom stereocenters. The van der Waals surface area contributed by atoms with Gasteiger partial charge in [0.1, 0.15) is 0 Å². The summed E-state index contributed by atoms with van der Waals surface area (Å²) in [5, 5.41) is 7.58. The van der Waals surface area contributed by atoms with Gasteiger partial charge in [-0.1, -0.05) is 19.3 Å². The van der Waals surface area contributed by atoms with E-state index in [1.807, 2.05) is 0 Å². The van der Waals surface area contributed by atoms with Crippen LogP contribution in [0.3, 0.4) is 0 Å². The monoisotopic (exact) mass is 196 g/mol. The van der Waals surface area contributed by atoms with Gasteiger partial charge >= 0.3 is 0 Å². The van der Waals surface area contributed by atoms with Gasteiger partial charge in [0.2, 0.25) is 0 Å². The van der Waals surface area contributed by atoms with Crippen molar-refractivity contribution in [2.45, 2.75) is 70.0 Å². The molecule has 2 atom stereocenters. The number of piperazine rings is 1. The van der Waals surface area contributed by atoms with E-state index in [1.54, 1.807) is 0 Å². The molecule has 14 heavy (non-hydrogen) atoms. The molecule has 1 heterocycles. The van der Waals surface area contributed by atoms with Gasteiger partial charge in [0.15, 0.2) is 0 Å². The van der Waals surface area contributed by atoms with Crippen LogP contribution in [-0.4, -0.2) is 23.7 Å². The number of nitrogens with one attached hydrogen (secondary N) is 2. The molecule has 2 fully saturated rings. The van der Waals surface area contributed by atoms with Crippen LogP contribution >= 0.6 is 0 Å². The van der Waals surface area contributed by atoms with Crippen molar-refractivity contribution in [1.29, 1.82) is 0 Å². The van der Waals surface area contributed by atoms with E-state index in [0.29, 0.717) is 11.6 Å². The van der Waals surface area contributed by atoms with Gasteiger partial charge in [0, 0.05) is 23.7 Å². The Kier molecular flexibility index (Phi) is 2.61. The summed E-state index contributed by atoms with van der Waals surface area (Å²) in [6.45, 7) is 8.08. The molecule has 2 nitrogen and oxygen atoms in total. The molecule has 0 aromatic rings. The van der Waals surface area contributed by atoms with Crippen molar-refractivity contribution in [2.75, 3.05) is 6.54 Å². The average Bonchev–Trinajstić information content (AvgIpc) is 2.27. The minimum Gasteiger partial charge on any atom is -0.308 e. The Labute approximate surface area is 87.8 Å². The minimum atomic E-state index is 0.272. The third-order valence-electron chi connectivity index (χ3n) is 3.96. The third-order valence-corrected chi connectivity index (χ3v) is 3.96. The van der Waals surface area contributed by atoms with E-state index in [1.165, 1.54) is 32.1 Å². The topological polar surface area (TPSA) is 24.1 Å². The lowest BCUT2D eigenvalue weighted by atomic mass is 9.82. The first-order valence-electron chi connectivity index (χ1n) is 6.05. The second kappa shape index (κ2) is 3.49. The van der Waals surface area contributed by atoms with E-state index in [9.17, 15) is 0 Å². The smallest absolute Gasteiger partial charge is 0.0307 e. The van der Waals surface area contributed by atoms with Gasteiger partial charge < -0.3 is 10.6 Å². The van der Waals surface area contributed by atoms with Crippen LogP contribution in [-0.2, 0) is 0 Å². The number of fused-ring (bicyclic) bond motifs is 1. The van der Waals surface area contributed by atoms with E-state index >= 15 is 0 Å². The van der Waals surface area contributed by atoms with Crippen LogP contribution in [0.2, 0.25) is 0 Å². The third kappa shape index (κ3) is 1.96. The molecule has 0 amide bonds. The highest BCUT2D eigenvalue weighted by Gasteiger charge is 2.42. The van der Waals surface area contributed by atoms with Crippen LogP contribution < -0.4 is 10.6 Å². The van der Waals surface area contributed by atoms with Crippen LogP contribution in [0.25, 0.3) is 0 Å². The van der Waals surface area contributed by atoms with Crippen molar-refractivity contribution in [2.24, 2.45) is 0 Å². The molecule has 0 aromatic heterocycles. The summed E-state index contributed by atoms with van der Waals surface area (Å²) in [5.41, 5.74) is 0.626. The van der Waals surface area contributed by atoms with Gasteiger partial charge in [0.25, 0.3) is 0 Å². The van der Waals surface area contributed by atoms with Crippen molar-refractivity contribution in [3.8, 4) is 0 Å². The Bertz CT molecular complexity index is 212. The average molecular weight is 196 g/mol. The van der Waals surface area contributed by atoms with Gasteiger partial charge in [0.05, 0.1) is 0 Å². The summed E-state index contributed by atoms with van der Waals surface area (Å²) in [5.74, 6) is 0. The van der Waals surface area contributed by atoms with Gasteiger partial charge in [-0.3, -0.25) is 0 Å². The van der Waals surface area contributed by atoms with E-state index < -0.39 is 0 Å². The maximum Gasteiger partial charge on any atom is 0.0307 e. The first kappa shape index (κ1) is 10.4. The number of rotatable bonds is 0. The predicted molar refractivity (Wildman–Crippen MR) is 60.5 cm³/mol. The van der Waals surface area contributed by atoms with Gasteiger partial charge in [-0.05, 0) is 33.6 Å². The summed E-state index contributed by atoms with van der Waals surface area (Å²) in [6.07, 6.45) is 6.87. The maximum absolute atomic E-state index is 3.81. The molecular weight excluding hydrogens is 172 g/mol. The fraction of sp³-hybridized carbons (Fsp3) is 1.00. The van der Waals surface area contributed by atoms with Crippen molar-refractivity contribution < 1.29 is 0 Å². The predicted octanol–water partition coefficient (Wildman–Crippen LogP) is 2.05. The Balaban J connectivity index is 2.12. The molecule has 1 saturated heterocycles.